The van der Waals surface area contributed by atoms with Crippen molar-refractivity contribution in [3.8, 4) is 0 Å². The maximum Gasteiger partial charge on any atom is 0.276 e. The minimum Gasteiger partial charge on any atom is -0.376 e. The summed E-state index contributed by atoms with van der Waals surface area (Å²) in [7, 11) is 0. The summed E-state index contributed by atoms with van der Waals surface area (Å²) in [6, 6.07) is 10.4. The zero-order valence-electron chi connectivity index (χ0n) is 18.2. The summed E-state index contributed by atoms with van der Waals surface area (Å²) in [5.41, 5.74) is 3.17. The summed E-state index contributed by atoms with van der Waals surface area (Å²) < 4.78 is 11.0. The van der Waals surface area contributed by atoms with Gasteiger partial charge in [-0.05, 0) is 69.7 Å². The quantitative estimate of drug-likeness (QED) is 0.693. The smallest absolute Gasteiger partial charge is 0.276 e. The van der Waals surface area contributed by atoms with Crippen molar-refractivity contribution in [2.24, 2.45) is 5.92 Å². The van der Waals surface area contributed by atoms with Crippen LogP contribution in [0, 0.1) is 19.8 Å². The lowest BCUT2D eigenvalue weighted by atomic mass is 9.95. The van der Waals surface area contributed by atoms with Gasteiger partial charge in [-0.25, -0.2) is 0 Å². The number of aryl methyl sites for hydroxylation is 2. The fraction of sp³-hybridized carbons (Fsp3) is 0.583. The van der Waals surface area contributed by atoms with E-state index >= 15 is 0 Å². The topological polar surface area (TPSA) is 58.8 Å². The molecule has 162 valence electrons. The summed E-state index contributed by atoms with van der Waals surface area (Å²) >= 11 is 0. The van der Waals surface area contributed by atoms with Gasteiger partial charge in [-0.3, -0.25) is 9.69 Å². The standard InChI is InChI=1S/C24H33N3O3/c1-18-6-3-4-7-21(18)16-26-11-9-20(10-12-26)15-27(17-22-8-5-13-29-22)24(28)23-14-19(2)30-25-23/h3-4,6-7,14,20,22H,5,8-13,15-17H2,1-2H3. The van der Waals surface area contributed by atoms with Crippen molar-refractivity contribution in [3.63, 3.8) is 0 Å². The average molecular weight is 412 g/mol. The van der Waals surface area contributed by atoms with Gasteiger partial charge in [-0.1, -0.05) is 29.4 Å². The third-order valence-corrected chi connectivity index (χ3v) is 6.42. The van der Waals surface area contributed by atoms with Gasteiger partial charge in [0.1, 0.15) is 5.76 Å². The molecule has 0 aliphatic carbocycles. The lowest BCUT2D eigenvalue weighted by Gasteiger charge is -2.35. The Labute approximate surface area is 179 Å². The Morgan fingerprint density at radius 1 is 1.17 bits per heavy atom. The van der Waals surface area contributed by atoms with Gasteiger partial charge in [-0.15, -0.1) is 0 Å². The molecule has 1 atom stereocenters. The summed E-state index contributed by atoms with van der Waals surface area (Å²) in [4.78, 5) is 17.6. The van der Waals surface area contributed by atoms with Crippen LogP contribution >= 0.6 is 0 Å². The molecule has 0 bridgehead atoms. The lowest BCUT2D eigenvalue weighted by molar-refractivity contribution is 0.0437. The van der Waals surface area contributed by atoms with Crippen molar-refractivity contribution in [3.05, 3.63) is 52.9 Å². The van der Waals surface area contributed by atoms with Gasteiger partial charge in [0.2, 0.25) is 0 Å². The molecule has 1 aromatic carbocycles. The number of ether oxygens (including phenoxy) is 1. The number of piperidine rings is 1. The summed E-state index contributed by atoms with van der Waals surface area (Å²) in [5, 5.41) is 3.96. The minimum absolute atomic E-state index is 0.0373. The van der Waals surface area contributed by atoms with Crippen LogP contribution in [-0.2, 0) is 11.3 Å². The van der Waals surface area contributed by atoms with Crippen LogP contribution < -0.4 is 0 Å². The van der Waals surface area contributed by atoms with Crippen molar-refractivity contribution >= 4 is 5.91 Å². The Hall–Kier alpha value is -2.18. The van der Waals surface area contributed by atoms with E-state index in [0.717, 1.165) is 58.5 Å². The van der Waals surface area contributed by atoms with E-state index in [9.17, 15) is 4.79 Å². The highest BCUT2D eigenvalue weighted by Crippen LogP contribution is 2.23. The first-order chi connectivity index (χ1) is 14.6. The molecule has 30 heavy (non-hydrogen) atoms. The molecule has 0 spiro atoms. The van der Waals surface area contributed by atoms with E-state index < -0.39 is 0 Å². The highest BCUT2D eigenvalue weighted by molar-refractivity contribution is 5.92. The Morgan fingerprint density at radius 3 is 2.63 bits per heavy atom. The number of aromatic nitrogens is 1. The average Bonchev–Trinajstić information content (AvgIpc) is 3.42. The molecule has 1 unspecified atom stereocenters. The zero-order chi connectivity index (χ0) is 20.9. The maximum absolute atomic E-state index is 13.1. The Morgan fingerprint density at radius 2 is 1.97 bits per heavy atom. The van der Waals surface area contributed by atoms with Gasteiger partial charge in [0.25, 0.3) is 5.91 Å². The molecule has 0 N–H and O–H groups in total. The predicted molar refractivity (Wildman–Crippen MR) is 115 cm³/mol. The number of amides is 1. The highest BCUT2D eigenvalue weighted by atomic mass is 16.5. The van der Waals surface area contributed by atoms with Crippen LogP contribution in [0.4, 0.5) is 0 Å². The molecule has 1 aromatic heterocycles. The maximum atomic E-state index is 13.1. The molecule has 1 amide bonds. The molecule has 2 saturated heterocycles. The first kappa shape index (κ1) is 21.1. The fourth-order valence-electron chi connectivity index (χ4n) is 4.57. The van der Waals surface area contributed by atoms with Crippen LogP contribution in [0.15, 0.2) is 34.9 Å². The minimum atomic E-state index is -0.0373. The lowest BCUT2D eigenvalue weighted by Crippen LogP contribution is -2.43. The molecule has 2 aromatic rings. The van der Waals surface area contributed by atoms with Crippen LogP contribution in [0.1, 0.15) is 53.1 Å². The molecule has 3 heterocycles. The summed E-state index contributed by atoms with van der Waals surface area (Å²) in [6.45, 7) is 9.37. The van der Waals surface area contributed by atoms with E-state index in [4.69, 9.17) is 9.26 Å². The van der Waals surface area contributed by atoms with Gasteiger partial charge in [0.05, 0.1) is 6.10 Å². The van der Waals surface area contributed by atoms with Crippen molar-refractivity contribution in [2.75, 3.05) is 32.8 Å². The number of hydrogen-bond donors (Lipinski definition) is 0. The van der Waals surface area contributed by atoms with E-state index in [0.29, 0.717) is 23.9 Å². The largest absolute Gasteiger partial charge is 0.376 e. The van der Waals surface area contributed by atoms with Crippen LogP contribution in [0.3, 0.4) is 0 Å². The normalized spacial score (nSPS) is 20.5. The van der Waals surface area contributed by atoms with Gasteiger partial charge in [0, 0.05) is 32.3 Å². The van der Waals surface area contributed by atoms with E-state index in [-0.39, 0.29) is 12.0 Å². The molecule has 4 rings (SSSR count). The first-order valence-corrected chi connectivity index (χ1v) is 11.2. The number of rotatable bonds is 7. The van der Waals surface area contributed by atoms with Crippen LogP contribution in [0.25, 0.3) is 0 Å². The van der Waals surface area contributed by atoms with E-state index in [2.05, 4.69) is 41.2 Å². The number of likely N-dealkylation sites (tertiary alicyclic amines) is 1. The third-order valence-electron chi connectivity index (χ3n) is 6.42. The summed E-state index contributed by atoms with van der Waals surface area (Å²) in [5.74, 6) is 1.14. The Balaban J connectivity index is 1.34. The van der Waals surface area contributed by atoms with Crippen molar-refractivity contribution < 1.29 is 14.1 Å². The van der Waals surface area contributed by atoms with Crippen LogP contribution in [-0.4, -0.2) is 59.8 Å². The predicted octanol–water partition coefficient (Wildman–Crippen LogP) is 3.82. The molecule has 0 radical (unpaired) electrons. The number of hydrogen-bond acceptors (Lipinski definition) is 5. The van der Waals surface area contributed by atoms with Gasteiger partial charge in [-0.2, -0.15) is 0 Å². The molecular formula is C24H33N3O3. The fourth-order valence-corrected chi connectivity index (χ4v) is 4.57. The zero-order valence-corrected chi connectivity index (χ0v) is 18.2. The second-order valence-electron chi connectivity index (χ2n) is 8.81. The van der Waals surface area contributed by atoms with Crippen molar-refractivity contribution in [1.82, 2.24) is 15.0 Å². The second kappa shape index (κ2) is 9.75. The second-order valence-corrected chi connectivity index (χ2v) is 8.81. The molecule has 2 aliphatic rings. The third kappa shape index (κ3) is 5.29. The van der Waals surface area contributed by atoms with Gasteiger partial charge < -0.3 is 14.2 Å². The van der Waals surface area contributed by atoms with E-state index in [1.807, 2.05) is 11.8 Å². The molecular weight excluding hydrogens is 378 g/mol. The van der Waals surface area contributed by atoms with Crippen LogP contribution in [0.2, 0.25) is 0 Å². The SMILES string of the molecule is Cc1cc(C(=O)N(CC2CCN(Cc3ccccc3C)CC2)CC2CCCO2)no1. The molecule has 0 saturated carbocycles. The van der Waals surface area contributed by atoms with Gasteiger partial charge in [0.15, 0.2) is 5.69 Å². The Bertz CT molecular complexity index is 836. The number of benzene rings is 1. The van der Waals surface area contributed by atoms with E-state index in [1.165, 1.54) is 11.1 Å². The number of carbonyl (C=O) groups excluding carboxylic acids is 1. The van der Waals surface area contributed by atoms with Crippen LogP contribution in [0.5, 0.6) is 0 Å². The highest BCUT2D eigenvalue weighted by Gasteiger charge is 2.29. The van der Waals surface area contributed by atoms with Gasteiger partial charge >= 0.3 is 0 Å². The summed E-state index contributed by atoms with van der Waals surface area (Å²) in [6.07, 6.45) is 4.46. The molecule has 2 aliphatic heterocycles. The monoisotopic (exact) mass is 411 g/mol. The molecule has 6 nitrogen and oxygen atoms in total. The van der Waals surface area contributed by atoms with Crippen molar-refractivity contribution in [2.45, 2.75) is 52.2 Å². The first-order valence-electron chi connectivity index (χ1n) is 11.2. The number of carbonyl (C=O) groups is 1. The van der Waals surface area contributed by atoms with Crippen molar-refractivity contribution in [1.29, 1.82) is 0 Å². The van der Waals surface area contributed by atoms with E-state index in [1.54, 1.807) is 6.07 Å². The molecule has 2 fully saturated rings. The number of nitrogens with zero attached hydrogens (tertiary/aromatic N) is 3. The molecule has 6 heteroatoms. The Kier molecular flexibility index (Phi) is 6.85.